The van der Waals surface area contributed by atoms with E-state index in [2.05, 4.69) is 4.98 Å². The normalized spacial score (nSPS) is 13.5. The Hall–Kier alpha value is -3.55. The maximum Gasteiger partial charge on any atom is 0.270 e. The van der Waals surface area contributed by atoms with Crippen LogP contribution >= 0.6 is 0 Å². The van der Waals surface area contributed by atoms with E-state index in [9.17, 15) is 19.7 Å². The van der Waals surface area contributed by atoms with Crippen LogP contribution in [0, 0.1) is 10.1 Å². The van der Waals surface area contributed by atoms with Gasteiger partial charge in [0.25, 0.3) is 17.5 Å². The lowest BCUT2D eigenvalue weighted by atomic mass is 10.1. The first-order valence-corrected chi connectivity index (χ1v) is 8.03. The summed E-state index contributed by atoms with van der Waals surface area (Å²) in [4.78, 5) is 40.5. The summed E-state index contributed by atoms with van der Waals surface area (Å²) in [7, 11) is 0. The number of rotatable bonds is 5. The number of hydrogen-bond donors (Lipinski definition) is 0. The van der Waals surface area contributed by atoms with Gasteiger partial charge in [-0.2, -0.15) is 0 Å². The van der Waals surface area contributed by atoms with Crippen molar-refractivity contribution in [3.05, 3.63) is 69.6 Å². The average molecular weight is 351 g/mol. The molecule has 0 bridgehead atoms. The molecule has 26 heavy (non-hydrogen) atoms. The fourth-order valence-electron chi connectivity index (χ4n) is 3.01. The van der Waals surface area contributed by atoms with E-state index in [4.69, 9.17) is 4.42 Å². The lowest BCUT2D eigenvalue weighted by Gasteiger charge is -2.12. The standard InChI is InChI=1S/C18H13N3O5/c22-17-12-8-7-11(21(24)25)10-13(12)18(23)20(17)9-3-6-16-19-14-4-1-2-5-15(14)26-16/h1-2,4-5,7-8,10H,3,6,9H2. The topological polar surface area (TPSA) is 107 Å². The van der Waals surface area contributed by atoms with Crippen LogP contribution in [0.4, 0.5) is 5.69 Å². The van der Waals surface area contributed by atoms with Crippen molar-refractivity contribution in [2.75, 3.05) is 6.54 Å². The number of oxazole rings is 1. The number of carbonyl (C=O) groups is 2. The Morgan fingerprint density at radius 1 is 1.08 bits per heavy atom. The van der Waals surface area contributed by atoms with Crippen LogP contribution in [0.3, 0.4) is 0 Å². The lowest BCUT2D eigenvalue weighted by molar-refractivity contribution is -0.384. The van der Waals surface area contributed by atoms with Gasteiger partial charge >= 0.3 is 0 Å². The first-order chi connectivity index (χ1) is 12.5. The highest BCUT2D eigenvalue weighted by Crippen LogP contribution is 2.27. The number of non-ortho nitro benzene ring substituents is 1. The molecule has 1 aliphatic rings. The number of aromatic nitrogens is 1. The second-order valence-corrected chi connectivity index (χ2v) is 5.93. The van der Waals surface area contributed by atoms with Crippen molar-refractivity contribution in [1.82, 2.24) is 9.88 Å². The largest absolute Gasteiger partial charge is 0.441 e. The summed E-state index contributed by atoms with van der Waals surface area (Å²) in [6, 6.07) is 11.1. The van der Waals surface area contributed by atoms with Crippen molar-refractivity contribution in [3.8, 4) is 0 Å². The molecule has 0 saturated heterocycles. The van der Waals surface area contributed by atoms with E-state index in [1.165, 1.54) is 12.1 Å². The first-order valence-electron chi connectivity index (χ1n) is 8.03. The Labute approximate surface area is 147 Å². The van der Waals surface area contributed by atoms with Gasteiger partial charge in [-0.3, -0.25) is 24.6 Å². The minimum Gasteiger partial charge on any atom is -0.441 e. The van der Waals surface area contributed by atoms with Gasteiger partial charge in [0.15, 0.2) is 11.5 Å². The van der Waals surface area contributed by atoms with Gasteiger partial charge in [-0.05, 0) is 24.6 Å². The Bertz CT molecular complexity index is 1020. The van der Waals surface area contributed by atoms with Crippen molar-refractivity contribution < 1.29 is 18.9 Å². The van der Waals surface area contributed by atoms with Crippen LogP contribution in [0.5, 0.6) is 0 Å². The molecule has 130 valence electrons. The second kappa shape index (κ2) is 6.07. The van der Waals surface area contributed by atoms with E-state index in [1.807, 2.05) is 24.3 Å². The number of carbonyl (C=O) groups excluding carboxylic acids is 2. The summed E-state index contributed by atoms with van der Waals surface area (Å²) in [5, 5.41) is 10.9. The zero-order valence-electron chi connectivity index (χ0n) is 13.5. The zero-order chi connectivity index (χ0) is 18.3. The van der Waals surface area contributed by atoms with E-state index >= 15 is 0 Å². The van der Waals surface area contributed by atoms with Gasteiger partial charge in [0.05, 0.1) is 16.1 Å². The quantitative estimate of drug-likeness (QED) is 0.397. The van der Waals surface area contributed by atoms with Gasteiger partial charge in [-0.15, -0.1) is 0 Å². The third-order valence-corrected chi connectivity index (χ3v) is 4.28. The number of benzene rings is 2. The van der Waals surface area contributed by atoms with Crippen LogP contribution in [0.15, 0.2) is 46.9 Å². The molecule has 0 atom stereocenters. The van der Waals surface area contributed by atoms with E-state index < -0.39 is 16.7 Å². The van der Waals surface area contributed by atoms with Gasteiger partial charge in [0, 0.05) is 25.1 Å². The van der Waals surface area contributed by atoms with Gasteiger partial charge < -0.3 is 4.42 Å². The molecule has 3 aromatic rings. The number of nitro benzene ring substituents is 1. The smallest absolute Gasteiger partial charge is 0.270 e. The fraction of sp³-hybridized carbons (Fsp3) is 0.167. The molecule has 4 rings (SSSR count). The molecule has 1 aromatic heterocycles. The summed E-state index contributed by atoms with van der Waals surface area (Å²) < 4.78 is 5.62. The number of fused-ring (bicyclic) bond motifs is 2. The van der Waals surface area contributed by atoms with Gasteiger partial charge in [0.2, 0.25) is 0 Å². The molecule has 0 aliphatic carbocycles. The van der Waals surface area contributed by atoms with Gasteiger partial charge in [0.1, 0.15) is 5.52 Å². The average Bonchev–Trinajstić information content (AvgIpc) is 3.15. The predicted octanol–water partition coefficient (Wildman–Crippen LogP) is 2.96. The second-order valence-electron chi connectivity index (χ2n) is 5.93. The minimum absolute atomic E-state index is 0.0751. The maximum atomic E-state index is 12.4. The van der Waals surface area contributed by atoms with Gasteiger partial charge in [-0.25, -0.2) is 4.98 Å². The fourth-order valence-corrected chi connectivity index (χ4v) is 3.01. The molecule has 0 saturated carbocycles. The van der Waals surface area contributed by atoms with Crippen LogP contribution in [0.2, 0.25) is 0 Å². The van der Waals surface area contributed by atoms with E-state index in [0.717, 1.165) is 16.5 Å². The molecule has 8 heteroatoms. The van der Waals surface area contributed by atoms with E-state index in [-0.39, 0.29) is 23.4 Å². The molecular formula is C18H13N3O5. The number of hydrogen-bond acceptors (Lipinski definition) is 6. The van der Waals surface area contributed by atoms with Crippen LogP contribution in [-0.4, -0.2) is 33.2 Å². The number of nitro groups is 1. The summed E-state index contributed by atoms with van der Waals surface area (Å²) >= 11 is 0. The number of imide groups is 1. The molecule has 2 aromatic carbocycles. The Morgan fingerprint density at radius 2 is 1.85 bits per heavy atom. The molecule has 0 fully saturated rings. The molecule has 0 unspecified atom stereocenters. The maximum absolute atomic E-state index is 12.4. The first kappa shape index (κ1) is 15.9. The summed E-state index contributed by atoms with van der Waals surface area (Å²) in [5.74, 6) is -0.401. The highest BCUT2D eigenvalue weighted by molar-refractivity contribution is 6.21. The number of para-hydroxylation sites is 2. The molecule has 0 N–H and O–H groups in total. The van der Waals surface area contributed by atoms with Crippen molar-refractivity contribution in [2.24, 2.45) is 0 Å². The zero-order valence-corrected chi connectivity index (χ0v) is 13.5. The highest BCUT2D eigenvalue weighted by atomic mass is 16.6. The molecule has 1 aliphatic heterocycles. The van der Waals surface area contributed by atoms with Crippen LogP contribution < -0.4 is 0 Å². The highest BCUT2D eigenvalue weighted by Gasteiger charge is 2.36. The van der Waals surface area contributed by atoms with Crippen LogP contribution in [0.1, 0.15) is 33.0 Å². The third kappa shape index (κ3) is 2.61. The van der Waals surface area contributed by atoms with Gasteiger partial charge in [-0.1, -0.05) is 12.1 Å². The Balaban J connectivity index is 1.46. The molecule has 0 radical (unpaired) electrons. The van der Waals surface area contributed by atoms with Crippen molar-refractivity contribution in [3.63, 3.8) is 0 Å². The number of amides is 2. The molecular weight excluding hydrogens is 338 g/mol. The molecule has 2 amide bonds. The molecule has 2 heterocycles. The summed E-state index contributed by atoms with van der Waals surface area (Å²) in [6.45, 7) is 0.193. The SMILES string of the molecule is O=C1c2ccc([N+](=O)[O-])cc2C(=O)N1CCCc1nc2ccccc2o1. The van der Waals surface area contributed by atoms with E-state index in [1.54, 1.807) is 0 Å². The minimum atomic E-state index is -0.589. The number of nitrogens with zero attached hydrogens (tertiary/aromatic N) is 3. The van der Waals surface area contributed by atoms with Crippen molar-refractivity contribution >= 4 is 28.6 Å². The van der Waals surface area contributed by atoms with E-state index in [0.29, 0.717) is 24.3 Å². The Kier molecular flexibility index (Phi) is 3.72. The predicted molar refractivity (Wildman–Crippen MR) is 90.8 cm³/mol. The van der Waals surface area contributed by atoms with Crippen LogP contribution in [0.25, 0.3) is 11.1 Å². The van der Waals surface area contributed by atoms with Crippen molar-refractivity contribution in [2.45, 2.75) is 12.8 Å². The summed E-state index contributed by atoms with van der Waals surface area (Å²) in [5.41, 5.74) is 1.51. The monoisotopic (exact) mass is 351 g/mol. The Morgan fingerprint density at radius 3 is 2.62 bits per heavy atom. The van der Waals surface area contributed by atoms with Crippen LogP contribution in [-0.2, 0) is 6.42 Å². The molecule has 8 nitrogen and oxygen atoms in total. The summed E-state index contributed by atoms with van der Waals surface area (Å²) in [6.07, 6.45) is 0.961. The third-order valence-electron chi connectivity index (χ3n) is 4.28. The number of aryl methyl sites for hydroxylation is 1. The lowest BCUT2D eigenvalue weighted by Crippen LogP contribution is -2.30. The molecule has 0 spiro atoms. The van der Waals surface area contributed by atoms with Crippen molar-refractivity contribution in [1.29, 1.82) is 0 Å².